The van der Waals surface area contributed by atoms with Crippen LogP contribution in [0.4, 0.5) is 5.82 Å². The Morgan fingerprint density at radius 1 is 1.43 bits per heavy atom. The molecule has 2 saturated heterocycles. The fraction of sp³-hybridized carbons (Fsp3) is 0.667. The largest absolute Gasteiger partial charge is 0.394 e. The van der Waals surface area contributed by atoms with Crippen LogP contribution in [0, 0.1) is 0 Å². The Morgan fingerprint density at radius 2 is 2.14 bits per heavy atom. The number of aliphatic hydroxyl groups is 1. The van der Waals surface area contributed by atoms with Crippen LogP contribution in [0.25, 0.3) is 0 Å². The smallest absolute Gasteiger partial charge is 0.351 e. The van der Waals surface area contributed by atoms with Gasteiger partial charge in [-0.1, -0.05) is 0 Å². The van der Waals surface area contributed by atoms with Crippen molar-refractivity contribution in [3.63, 3.8) is 0 Å². The molecular weight excluding hydrogens is 282 g/mol. The average molecular weight is 299 g/mol. The van der Waals surface area contributed by atoms with Gasteiger partial charge in [0, 0.05) is 6.20 Å². The summed E-state index contributed by atoms with van der Waals surface area (Å²) in [4.78, 5) is 15.6. The Morgan fingerprint density at radius 3 is 2.76 bits per heavy atom. The van der Waals surface area contributed by atoms with Crippen LogP contribution in [0.2, 0.25) is 0 Å². The number of fused-ring (bicyclic) bond motifs is 1. The average Bonchev–Trinajstić information content (AvgIpc) is 2.92. The molecule has 9 nitrogen and oxygen atoms in total. The zero-order chi connectivity index (χ0) is 15.2. The van der Waals surface area contributed by atoms with Crippen LogP contribution in [0.15, 0.2) is 17.1 Å². The first-order valence-electron chi connectivity index (χ1n) is 6.56. The maximum Gasteiger partial charge on any atom is 0.351 e. The number of nitrogens with zero attached hydrogens (tertiary/aromatic N) is 2. The van der Waals surface area contributed by atoms with Gasteiger partial charge in [-0.25, -0.2) is 4.79 Å². The summed E-state index contributed by atoms with van der Waals surface area (Å²) in [5, 5.41) is 18.1. The van der Waals surface area contributed by atoms with E-state index in [4.69, 9.17) is 19.4 Å². The van der Waals surface area contributed by atoms with Gasteiger partial charge in [-0.05, 0) is 19.9 Å². The molecule has 21 heavy (non-hydrogen) atoms. The standard InChI is InChI=1S/C12H17N3O6/c1-12(2)20-8-6(5-16)19-10(9(8)21-12)15-4-3-7(14-18)13-11(15)17/h3-4,6,8-10,16,18H,5H2,1-2H3,(H,13,14,17)/t6-,8?,9?,10-/m1/s1. The summed E-state index contributed by atoms with van der Waals surface area (Å²) >= 11 is 0. The predicted octanol–water partition coefficient (Wildman–Crippen LogP) is -0.546. The summed E-state index contributed by atoms with van der Waals surface area (Å²) < 4.78 is 18.4. The molecule has 2 aliphatic heterocycles. The number of aliphatic hydroxyl groups excluding tert-OH is 1. The monoisotopic (exact) mass is 299 g/mol. The third kappa shape index (κ3) is 2.43. The predicted molar refractivity (Wildman–Crippen MR) is 68.7 cm³/mol. The van der Waals surface area contributed by atoms with Gasteiger partial charge in [-0.3, -0.25) is 15.3 Å². The van der Waals surface area contributed by atoms with E-state index in [9.17, 15) is 9.90 Å². The summed E-state index contributed by atoms with van der Waals surface area (Å²) in [7, 11) is 0. The van der Waals surface area contributed by atoms with E-state index in [0.29, 0.717) is 0 Å². The highest BCUT2D eigenvalue weighted by atomic mass is 16.8. The summed E-state index contributed by atoms with van der Waals surface area (Å²) in [6, 6.07) is 1.42. The zero-order valence-electron chi connectivity index (χ0n) is 11.6. The van der Waals surface area contributed by atoms with Crippen LogP contribution in [0.5, 0.6) is 0 Å². The Labute approximate surface area is 120 Å². The Bertz CT molecular complexity index is 589. The molecule has 0 spiro atoms. The molecule has 0 saturated carbocycles. The Balaban J connectivity index is 1.94. The number of hydrogen-bond acceptors (Lipinski definition) is 8. The summed E-state index contributed by atoms with van der Waals surface area (Å²) in [5.74, 6) is -0.776. The summed E-state index contributed by atoms with van der Waals surface area (Å²) in [6.07, 6.45) is -0.877. The number of hydrogen-bond donors (Lipinski definition) is 3. The highest BCUT2D eigenvalue weighted by Crippen LogP contribution is 2.42. The van der Waals surface area contributed by atoms with E-state index in [0.717, 1.165) is 0 Å². The molecule has 2 fully saturated rings. The van der Waals surface area contributed by atoms with E-state index in [1.165, 1.54) is 16.8 Å². The molecule has 3 heterocycles. The minimum absolute atomic E-state index is 0.0356. The lowest BCUT2D eigenvalue weighted by atomic mass is 10.1. The van der Waals surface area contributed by atoms with Crippen molar-refractivity contribution in [2.24, 2.45) is 0 Å². The fourth-order valence-electron chi connectivity index (χ4n) is 2.70. The molecule has 2 aliphatic rings. The van der Waals surface area contributed by atoms with E-state index in [1.807, 2.05) is 0 Å². The first kappa shape index (κ1) is 14.4. The van der Waals surface area contributed by atoms with Gasteiger partial charge < -0.3 is 19.3 Å². The molecule has 0 amide bonds. The lowest BCUT2D eigenvalue weighted by Gasteiger charge is -2.24. The summed E-state index contributed by atoms with van der Waals surface area (Å²) in [6.45, 7) is 3.28. The fourth-order valence-corrected chi connectivity index (χ4v) is 2.70. The second-order valence-electron chi connectivity index (χ2n) is 5.43. The first-order valence-corrected chi connectivity index (χ1v) is 6.56. The maximum absolute atomic E-state index is 12.0. The van der Waals surface area contributed by atoms with Gasteiger partial charge in [0.15, 0.2) is 17.8 Å². The highest BCUT2D eigenvalue weighted by Gasteiger charge is 2.55. The molecule has 1 aromatic heterocycles. The van der Waals surface area contributed by atoms with Crippen molar-refractivity contribution >= 4 is 5.82 Å². The van der Waals surface area contributed by atoms with Crippen LogP contribution in [0.3, 0.4) is 0 Å². The molecule has 3 N–H and O–H groups in total. The minimum Gasteiger partial charge on any atom is -0.394 e. The molecule has 0 bridgehead atoms. The molecule has 0 aliphatic carbocycles. The van der Waals surface area contributed by atoms with E-state index >= 15 is 0 Å². The lowest BCUT2D eigenvalue weighted by molar-refractivity contribution is -0.200. The van der Waals surface area contributed by atoms with Crippen LogP contribution in [-0.4, -0.2) is 50.6 Å². The number of aromatic nitrogens is 2. The van der Waals surface area contributed by atoms with Crippen molar-refractivity contribution in [3.05, 3.63) is 22.7 Å². The zero-order valence-corrected chi connectivity index (χ0v) is 11.6. The van der Waals surface area contributed by atoms with Crippen LogP contribution < -0.4 is 11.2 Å². The number of nitrogens with one attached hydrogen (secondary N) is 1. The quantitative estimate of drug-likeness (QED) is 0.637. The minimum atomic E-state index is -0.811. The molecule has 1 aromatic rings. The molecule has 3 rings (SSSR count). The second-order valence-corrected chi connectivity index (χ2v) is 5.43. The van der Waals surface area contributed by atoms with Crippen molar-refractivity contribution in [2.45, 2.75) is 44.2 Å². The topological polar surface area (TPSA) is 115 Å². The normalized spacial score (nSPS) is 33.9. The molecule has 0 radical (unpaired) electrons. The van der Waals surface area contributed by atoms with Gasteiger partial charge in [0.25, 0.3) is 0 Å². The van der Waals surface area contributed by atoms with E-state index in [2.05, 4.69) is 4.98 Å². The molecule has 9 heteroatoms. The van der Waals surface area contributed by atoms with Gasteiger partial charge in [-0.2, -0.15) is 4.98 Å². The van der Waals surface area contributed by atoms with Gasteiger partial charge in [0.1, 0.15) is 18.3 Å². The van der Waals surface area contributed by atoms with Crippen molar-refractivity contribution < 1.29 is 24.5 Å². The third-order valence-corrected chi connectivity index (χ3v) is 3.52. The summed E-state index contributed by atoms with van der Waals surface area (Å²) in [5.41, 5.74) is 1.20. The van der Waals surface area contributed by atoms with E-state index in [1.54, 1.807) is 19.3 Å². The van der Waals surface area contributed by atoms with Gasteiger partial charge >= 0.3 is 5.69 Å². The molecule has 4 atom stereocenters. The van der Waals surface area contributed by atoms with Crippen LogP contribution >= 0.6 is 0 Å². The van der Waals surface area contributed by atoms with Crippen molar-refractivity contribution in [3.8, 4) is 0 Å². The Kier molecular flexibility index (Phi) is 3.46. The van der Waals surface area contributed by atoms with Crippen molar-refractivity contribution in [1.82, 2.24) is 9.55 Å². The van der Waals surface area contributed by atoms with E-state index < -0.39 is 36.0 Å². The maximum atomic E-state index is 12.0. The highest BCUT2D eigenvalue weighted by molar-refractivity contribution is 5.28. The van der Waals surface area contributed by atoms with Gasteiger partial charge in [0.2, 0.25) is 0 Å². The SMILES string of the molecule is CC1(C)OC2C(O1)[C@@H](CO)O[C@H]2n1ccc(NO)nc1=O. The molecular formula is C12H17N3O6. The third-order valence-electron chi connectivity index (χ3n) is 3.52. The number of anilines is 1. The van der Waals surface area contributed by atoms with E-state index in [-0.39, 0.29) is 12.4 Å². The molecule has 2 unspecified atom stereocenters. The number of rotatable bonds is 3. The lowest BCUT2D eigenvalue weighted by Crippen LogP contribution is -2.34. The number of ether oxygens (including phenoxy) is 3. The second kappa shape index (κ2) is 5.04. The van der Waals surface area contributed by atoms with Crippen molar-refractivity contribution in [1.29, 1.82) is 0 Å². The first-order chi connectivity index (χ1) is 9.95. The van der Waals surface area contributed by atoms with Gasteiger partial charge in [-0.15, -0.1) is 0 Å². The van der Waals surface area contributed by atoms with Crippen LogP contribution in [0.1, 0.15) is 20.1 Å². The van der Waals surface area contributed by atoms with Crippen molar-refractivity contribution in [2.75, 3.05) is 12.1 Å². The van der Waals surface area contributed by atoms with Gasteiger partial charge in [0.05, 0.1) is 6.61 Å². The molecule has 116 valence electrons. The molecule has 0 aromatic carbocycles. The Hall–Kier alpha value is -1.52. The van der Waals surface area contributed by atoms with Crippen LogP contribution in [-0.2, 0) is 14.2 Å².